The highest BCUT2D eigenvalue weighted by Crippen LogP contribution is 2.22. The number of fused-ring (bicyclic) bond motifs is 1. The first kappa shape index (κ1) is 16.7. The van der Waals surface area contributed by atoms with Crippen LogP contribution >= 0.6 is 0 Å². The van der Waals surface area contributed by atoms with Gasteiger partial charge in [-0.2, -0.15) is 10.1 Å². The summed E-state index contributed by atoms with van der Waals surface area (Å²) in [5.74, 6) is 0.537. The standard InChI is InChI=1S/C17H22N6O3/c1-11(2)14-9-13(20-16-18-10-19-23(14)16)15(24)21-5-3-12(4-6-21)22-7-8-26-17(22)25/h9-12H,3-8H2,1-2H3. The van der Waals surface area contributed by atoms with Crippen LogP contribution in [0, 0.1) is 0 Å². The molecule has 9 nitrogen and oxygen atoms in total. The maximum absolute atomic E-state index is 12.9. The van der Waals surface area contributed by atoms with Crippen LogP contribution in [0.1, 0.15) is 48.8 Å². The summed E-state index contributed by atoms with van der Waals surface area (Å²) in [5.41, 5.74) is 1.30. The SMILES string of the molecule is CC(C)c1cc(C(=O)N2CCC(N3CCOC3=O)CC2)nc2ncnn12. The zero-order valence-corrected chi connectivity index (χ0v) is 15.0. The number of amides is 2. The van der Waals surface area contributed by atoms with E-state index in [1.807, 2.05) is 13.8 Å². The Bertz CT molecular complexity index is 840. The number of rotatable bonds is 3. The van der Waals surface area contributed by atoms with Crippen molar-refractivity contribution < 1.29 is 14.3 Å². The number of carbonyl (C=O) groups excluding carboxylic acids is 2. The smallest absolute Gasteiger partial charge is 0.410 e. The summed E-state index contributed by atoms with van der Waals surface area (Å²) in [6, 6.07) is 1.95. The number of carbonyl (C=O) groups is 2. The topological polar surface area (TPSA) is 92.9 Å². The molecule has 0 aromatic carbocycles. The van der Waals surface area contributed by atoms with Crippen molar-refractivity contribution in [1.29, 1.82) is 0 Å². The highest BCUT2D eigenvalue weighted by atomic mass is 16.6. The number of aromatic nitrogens is 4. The predicted octanol–water partition coefficient (Wildman–Crippen LogP) is 1.30. The second-order valence-electron chi connectivity index (χ2n) is 7.02. The molecule has 2 fully saturated rings. The molecule has 2 amide bonds. The minimum Gasteiger partial charge on any atom is -0.448 e. The van der Waals surface area contributed by atoms with Gasteiger partial charge in [-0.05, 0) is 24.8 Å². The molecule has 2 aliphatic heterocycles. The lowest BCUT2D eigenvalue weighted by Gasteiger charge is -2.35. The summed E-state index contributed by atoms with van der Waals surface area (Å²) in [7, 11) is 0. The second-order valence-corrected chi connectivity index (χ2v) is 7.02. The van der Waals surface area contributed by atoms with E-state index in [1.54, 1.807) is 20.4 Å². The Hall–Kier alpha value is -2.71. The minimum absolute atomic E-state index is 0.0974. The van der Waals surface area contributed by atoms with Gasteiger partial charge >= 0.3 is 6.09 Å². The predicted molar refractivity (Wildman–Crippen MR) is 91.9 cm³/mol. The summed E-state index contributed by atoms with van der Waals surface area (Å²) in [4.78, 5) is 36.7. The van der Waals surface area contributed by atoms with E-state index in [1.165, 1.54) is 6.33 Å². The van der Waals surface area contributed by atoms with E-state index in [4.69, 9.17) is 4.74 Å². The lowest BCUT2D eigenvalue weighted by Crippen LogP contribution is -2.47. The van der Waals surface area contributed by atoms with Gasteiger partial charge in [0.1, 0.15) is 18.6 Å². The van der Waals surface area contributed by atoms with Crippen molar-refractivity contribution in [2.24, 2.45) is 0 Å². The number of ether oxygens (including phenoxy) is 1. The molecule has 0 aliphatic carbocycles. The molecule has 9 heteroatoms. The largest absolute Gasteiger partial charge is 0.448 e. The molecule has 0 unspecified atom stereocenters. The molecule has 2 saturated heterocycles. The van der Waals surface area contributed by atoms with Crippen LogP contribution in [0.3, 0.4) is 0 Å². The Morgan fingerprint density at radius 2 is 2.04 bits per heavy atom. The molecule has 2 aromatic rings. The molecule has 0 atom stereocenters. The van der Waals surface area contributed by atoms with E-state index in [0.717, 1.165) is 18.5 Å². The monoisotopic (exact) mass is 358 g/mol. The van der Waals surface area contributed by atoms with E-state index in [-0.39, 0.29) is 24.0 Å². The summed E-state index contributed by atoms with van der Waals surface area (Å²) in [6.45, 7) is 6.39. The number of cyclic esters (lactones) is 1. The summed E-state index contributed by atoms with van der Waals surface area (Å²) >= 11 is 0. The molecule has 138 valence electrons. The summed E-state index contributed by atoms with van der Waals surface area (Å²) in [5, 5.41) is 4.18. The van der Waals surface area contributed by atoms with Crippen LogP contribution < -0.4 is 0 Å². The number of likely N-dealkylation sites (tertiary alicyclic amines) is 1. The average Bonchev–Trinajstić information content (AvgIpc) is 3.28. The third-order valence-electron chi connectivity index (χ3n) is 5.07. The Labute approximate surface area is 151 Å². The van der Waals surface area contributed by atoms with Crippen LogP contribution in [0.5, 0.6) is 0 Å². The molecule has 0 bridgehead atoms. The van der Waals surface area contributed by atoms with Crippen molar-refractivity contribution in [1.82, 2.24) is 29.4 Å². The van der Waals surface area contributed by atoms with Crippen LogP contribution in [0.15, 0.2) is 12.4 Å². The minimum atomic E-state index is -0.240. The zero-order valence-electron chi connectivity index (χ0n) is 15.0. The molecule has 0 N–H and O–H groups in total. The lowest BCUT2D eigenvalue weighted by molar-refractivity contribution is 0.0652. The van der Waals surface area contributed by atoms with Crippen molar-refractivity contribution in [2.45, 2.75) is 38.6 Å². The average molecular weight is 358 g/mol. The van der Waals surface area contributed by atoms with Gasteiger partial charge in [0.05, 0.1) is 12.2 Å². The van der Waals surface area contributed by atoms with Gasteiger partial charge in [-0.3, -0.25) is 4.79 Å². The van der Waals surface area contributed by atoms with E-state index < -0.39 is 0 Å². The zero-order chi connectivity index (χ0) is 18.3. The molecule has 0 saturated carbocycles. The van der Waals surface area contributed by atoms with Crippen molar-refractivity contribution in [2.75, 3.05) is 26.2 Å². The molecular weight excluding hydrogens is 336 g/mol. The van der Waals surface area contributed by atoms with Gasteiger partial charge in [0.15, 0.2) is 0 Å². The maximum Gasteiger partial charge on any atom is 0.410 e. The second kappa shape index (κ2) is 6.54. The summed E-state index contributed by atoms with van der Waals surface area (Å²) < 4.78 is 6.69. The molecular formula is C17H22N6O3. The van der Waals surface area contributed by atoms with Crippen LogP contribution in [0.25, 0.3) is 5.78 Å². The molecule has 4 rings (SSSR count). The number of piperidine rings is 1. The lowest BCUT2D eigenvalue weighted by atomic mass is 10.0. The molecule has 4 heterocycles. The molecule has 0 spiro atoms. The van der Waals surface area contributed by atoms with Crippen LogP contribution in [0.2, 0.25) is 0 Å². The molecule has 0 radical (unpaired) electrons. The van der Waals surface area contributed by atoms with Gasteiger partial charge in [0, 0.05) is 19.1 Å². The van der Waals surface area contributed by atoms with Crippen molar-refractivity contribution in [3.63, 3.8) is 0 Å². The van der Waals surface area contributed by atoms with Gasteiger partial charge in [0.25, 0.3) is 11.7 Å². The highest BCUT2D eigenvalue weighted by Gasteiger charge is 2.33. The number of nitrogens with zero attached hydrogens (tertiary/aromatic N) is 6. The normalized spacial score (nSPS) is 18.8. The van der Waals surface area contributed by atoms with Crippen LogP contribution in [-0.2, 0) is 4.74 Å². The quantitative estimate of drug-likeness (QED) is 0.821. The van der Waals surface area contributed by atoms with Crippen molar-refractivity contribution in [3.05, 3.63) is 23.8 Å². The Kier molecular flexibility index (Phi) is 4.21. The molecule has 2 aromatic heterocycles. The van der Waals surface area contributed by atoms with E-state index in [2.05, 4.69) is 15.1 Å². The van der Waals surface area contributed by atoms with Crippen LogP contribution in [-0.4, -0.2) is 73.7 Å². The number of hydrogen-bond acceptors (Lipinski definition) is 6. The van der Waals surface area contributed by atoms with Crippen molar-refractivity contribution >= 4 is 17.8 Å². The van der Waals surface area contributed by atoms with Gasteiger partial charge in [-0.1, -0.05) is 13.8 Å². The first-order chi connectivity index (χ1) is 12.5. The van der Waals surface area contributed by atoms with Gasteiger partial charge in [-0.15, -0.1) is 0 Å². The Balaban J connectivity index is 1.50. The van der Waals surface area contributed by atoms with Gasteiger partial charge in [0.2, 0.25) is 0 Å². The Morgan fingerprint density at radius 1 is 1.27 bits per heavy atom. The summed E-state index contributed by atoms with van der Waals surface area (Å²) in [6.07, 6.45) is 2.72. The van der Waals surface area contributed by atoms with Crippen LogP contribution in [0.4, 0.5) is 4.79 Å². The van der Waals surface area contributed by atoms with E-state index >= 15 is 0 Å². The fourth-order valence-electron chi connectivity index (χ4n) is 3.64. The third-order valence-corrected chi connectivity index (χ3v) is 5.07. The third kappa shape index (κ3) is 2.87. The molecule has 26 heavy (non-hydrogen) atoms. The van der Waals surface area contributed by atoms with Crippen molar-refractivity contribution in [3.8, 4) is 0 Å². The number of hydrogen-bond donors (Lipinski definition) is 0. The highest BCUT2D eigenvalue weighted by molar-refractivity contribution is 5.93. The first-order valence-electron chi connectivity index (χ1n) is 8.98. The maximum atomic E-state index is 12.9. The van der Waals surface area contributed by atoms with E-state index in [0.29, 0.717) is 37.7 Å². The fraction of sp³-hybridized carbons (Fsp3) is 0.588. The first-order valence-corrected chi connectivity index (χ1v) is 8.98. The van der Waals surface area contributed by atoms with Gasteiger partial charge in [-0.25, -0.2) is 14.3 Å². The molecule has 2 aliphatic rings. The fourth-order valence-corrected chi connectivity index (χ4v) is 3.64. The van der Waals surface area contributed by atoms with E-state index in [9.17, 15) is 9.59 Å². The van der Waals surface area contributed by atoms with Gasteiger partial charge < -0.3 is 14.5 Å². The Morgan fingerprint density at radius 3 is 2.69 bits per heavy atom.